The molecule has 0 bridgehead atoms. The van der Waals surface area contributed by atoms with E-state index in [-0.39, 0.29) is 16.7 Å². The predicted octanol–water partition coefficient (Wildman–Crippen LogP) is 1.14. The fourth-order valence-electron chi connectivity index (χ4n) is 2.42. The van der Waals surface area contributed by atoms with Gasteiger partial charge in [-0.05, 0) is 31.5 Å². The molecule has 37 heavy (non-hydrogen) atoms. The minimum absolute atomic E-state index is 0.164. The Balaban J connectivity index is 3.00. The topological polar surface area (TPSA) is 172 Å². The molecule has 2 N–H and O–H groups in total. The monoisotopic (exact) mass is 522 g/mol. The number of ether oxygens (including phenoxy) is 5. The maximum absolute atomic E-state index is 12.7. The van der Waals surface area contributed by atoms with Crippen LogP contribution in [0.15, 0.2) is 43.5 Å². The van der Waals surface area contributed by atoms with Gasteiger partial charge in [-0.1, -0.05) is 20.1 Å². The summed E-state index contributed by atoms with van der Waals surface area (Å²) in [6, 6.07) is 3.41. The Kier molecular flexibility index (Phi) is 13.3. The van der Waals surface area contributed by atoms with Gasteiger partial charge in [-0.25, -0.2) is 24.0 Å². The van der Waals surface area contributed by atoms with Crippen molar-refractivity contribution in [2.45, 2.75) is 38.6 Å². The van der Waals surface area contributed by atoms with E-state index >= 15 is 0 Å². The van der Waals surface area contributed by atoms with E-state index in [1.165, 1.54) is 12.1 Å². The summed E-state index contributed by atoms with van der Waals surface area (Å²) in [5, 5.41) is 19.7. The first-order valence-corrected chi connectivity index (χ1v) is 11.2. The van der Waals surface area contributed by atoms with Crippen LogP contribution in [0.1, 0.15) is 51.3 Å². The van der Waals surface area contributed by atoms with Gasteiger partial charge in [0.15, 0.2) is 0 Å². The predicted molar refractivity (Wildman–Crippen MR) is 127 cm³/mol. The smallest absolute Gasteiger partial charge is 0.339 e. The zero-order valence-electron chi connectivity index (χ0n) is 20.5. The molecule has 1 aromatic carbocycles. The zero-order valence-corrected chi connectivity index (χ0v) is 20.5. The van der Waals surface area contributed by atoms with Crippen molar-refractivity contribution in [1.29, 1.82) is 0 Å². The Labute approximate surface area is 213 Å². The lowest BCUT2D eigenvalue weighted by Gasteiger charge is -2.16. The summed E-state index contributed by atoms with van der Waals surface area (Å²) < 4.78 is 24.5. The molecule has 0 radical (unpaired) electrons. The van der Waals surface area contributed by atoms with E-state index in [0.717, 1.165) is 18.2 Å². The number of benzene rings is 1. The lowest BCUT2D eigenvalue weighted by atomic mass is 10.0. The van der Waals surface area contributed by atoms with E-state index < -0.39 is 74.6 Å². The lowest BCUT2D eigenvalue weighted by molar-refractivity contribution is -0.142. The van der Waals surface area contributed by atoms with Crippen LogP contribution in [0.2, 0.25) is 0 Å². The number of aliphatic hydroxyl groups is 2. The first-order chi connectivity index (χ1) is 17.5. The third-order valence-corrected chi connectivity index (χ3v) is 4.56. The van der Waals surface area contributed by atoms with E-state index in [0.29, 0.717) is 6.42 Å². The van der Waals surface area contributed by atoms with Crippen molar-refractivity contribution in [2.75, 3.05) is 26.4 Å². The minimum Gasteiger partial charge on any atom is -0.460 e. The molecular formula is C25H30O12. The van der Waals surface area contributed by atoms with Crippen LogP contribution < -0.4 is 0 Å². The van der Waals surface area contributed by atoms with Crippen LogP contribution in [-0.4, -0.2) is 84.8 Å². The second-order valence-electron chi connectivity index (χ2n) is 7.56. The molecule has 1 aromatic rings. The van der Waals surface area contributed by atoms with Crippen molar-refractivity contribution >= 4 is 29.8 Å². The molecular weight excluding hydrogens is 492 g/mol. The van der Waals surface area contributed by atoms with Gasteiger partial charge < -0.3 is 33.9 Å². The Morgan fingerprint density at radius 3 is 1.76 bits per heavy atom. The van der Waals surface area contributed by atoms with Crippen LogP contribution in [0, 0.1) is 0 Å². The van der Waals surface area contributed by atoms with Gasteiger partial charge in [0.2, 0.25) is 0 Å². The quantitative estimate of drug-likeness (QED) is 0.191. The SMILES string of the molecule is C=CC(=O)OCC(O)COC(=O)c1ccc(C(=O)OC(C)CC)c(C(=O)OCC(O)COC(=O)C=C)c1. The molecule has 0 heterocycles. The lowest BCUT2D eigenvalue weighted by Crippen LogP contribution is -2.26. The van der Waals surface area contributed by atoms with Crippen molar-refractivity contribution in [1.82, 2.24) is 0 Å². The van der Waals surface area contributed by atoms with E-state index in [1.54, 1.807) is 13.8 Å². The first kappa shape index (κ1) is 31.0. The zero-order chi connectivity index (χ0) is 28.0. The van der Waals surface area contributed by atoms with Gasteiger partial charge in [0.1, 0.15) is 38.6 Å². The molecule has 0 saturated carbocycles. The van der Waals surface area contributed by atoms with Gasteiger partial charge in [0.25, 0.3) is 0 Å². The number of rotatable bonds is 15. The van der Waals surface area contributed by atoms with Crippen LogP contribution in [0.4, 0.5) is 0 Å². The van der Waals surface area contributed by atoms with Crippen molar-refractivity contribution in [3.05, 3.63) is 60.2 Å². The molecule has 0 aliphatic rings. The maximum Gasteiger partial charge on any atom is 0.339 e. The molecule has 12 heteroatoms. The molecule has 0 aliphatic carbocycles. The molecule has 1 rings (SSSR count). The molecule has 0 spiro atoms. The number of hydrogen-bond acceptors (Lipinski definition) is 12. The number of carbonyl (C=O) groups is 5. The average Bonchev–Trinajstić information content (AvgIpc) is 2.90. The number of aliphatic hydroxyl groups excluding tert-OH is 2. The van der Waals surface area contributed by atoms with Gasteiger partial charge >= 0.3 is 29.8 Å². The van der Waals surface area contributed by atoms with E-state index in [9.17, 15) is 34.2 Å². The number of hydrogen-bond donors (Lipinski definition) is 2. The van der Waals surface area contributed by atoms with Crippen molar-refractivity contribution in [3.8, 4) is 0 Å². The normalized spacial score (nSPS) is 12.8. The standard InChI is InChI=1S/C25H30O12/c1-5-15(4)37-25(32)19-9-8-16(23(30)35-13-17(26)11-33-21(28)6-2)10-20(19)24(31)36-14-18(27)12-34-22(29)7-3/h6-10,15,17-18,26-27H,2-3,5,11-14H2,1,4H3. The summed E-state index contributed by atoms with van der Waals surface area (Å²) in [6.07, 6.45) is -0.840. The van der Waals surface area contributed by atoms with Crippen molar-refractivity contribution in [3.63, 3.8) is 0 Å². The summed E-state index contributed by atoms with van der Waals surface area (Å²) in [5.41, 5.74) is -0.716. The second-order valence-corrected chi connectivity index (χ2v) is 7.56. The van der Waals surface area contributed by atoms with Gasteiger partial charge in [-0.15, -0.1) is 0 Å². The van der Waals surface area contributed by atoms with Crippen molar-refractivity contribution < 1.29 is 57.9 Å². The van der Waals surface area contributed by atoms with Crippen LogP contribution in [0.3, 0.4) is 0 Å². The molecule has 12 nitrogen and oxygen atoms in total. The summed E-state index contributed by atoms with van der Waals surface area (Å²) in [6.45, 7) is 7.82. The number of carbonyl (C=O) groups excluding carboxylic acids is 5. The van der Waals surface area contributed by atoms with Crippen LogP contribution in [0.5, 0.6) is 0 Å². The molecule has 0 saturated heterocycles. The summed E-state index contributed by atoms with van der Waals surface area (Å²) in [5.74, 6) is -4.42. The molecule has 3 atom stereocenters. The average molecular weight is 523 g/mol. The molecule has 0 amide bonds. The van der Waals surface area contributed by atoms with Gasteiger partial charge in [-0.3, -0.25) is 0 Å². The van der Waals surface area contributed by atoms with Crippen molar-refractivity contribution in [2.24, 2.45) is 0 Å². The minimum atomic E-state index is -1.37. The highest BCUT2D eigenvalue weighted by molar-refractivity contribution is 6.05. The Morgan fingerprint density at radius 1 is 0.784 bits per heavy atom. The van der Waals surface area contributed by atoms with Gasteiger partial charge in [0.05, 0.1) is 22.8 Å². The third-order valence-electron chi connectivity index (χ3n) is 4.56. The van der Waals surface area contributed by atoms with Crippen LogP contribution in [0.25, 0.3) is 0 Å². The first-order valence-electron chi connectivity index (χ1n) is 11.2. The summed E-state index contributed by atoms with van der Waals surface area (Å²) >= 11 is 0. The summed E-state index contributed by atoms with van der Waals surface area (Å²) in [4.78, 5) is 59.9. The Bertz CT molecular complexity index is 999. The van der Waals surface area contributed by atoms with E-state index in [2.05, 4.69) is 22.6 Å². The largest absolute Gasteiger partial charge is 0.460 e. The fraction of sp³-hybridized carbons (Fsp3) is 0.400. The number of esters is 5. The van der Waals surface area contributed by atoms with Gasteiger partial charge in [-0.2, -0.15) is 0 Å². The van der Waals surface area contributed by atoms with E-state index in [1.807, 2.05) is 0 Å². The highest BCUT2D eigenvalue weighted by Crippen LogP contribution is 2.18. The molecule has 3 unspecified atom stereocenters. The maximum atomic E-state index is 12.7. The highest BCUT2D eigenvalue weighted by Gasteiger charge is 2.24. The fourth-order valence-corrected chi connectivity index (χ4v) is 2.42. The molecule has 202 valence electrons. The Hall–Kier alpha value is -4.03. The third kappa shape index (κ3) is 11.1. The molecule has 0 aromatic heterocycles. The summed E-state index contributed by atoms with van der Waals surface area (Å²) in [7, 11) is 0. The highest BCUT2D eigenvalue weighted by atomic mass is 16.6. The van der Waals surface area contributed by atoms with Crippen LogP contribution in [-0.2, 0) is 33.3 Å². The Morgan fingerprint density at radius 2 is 1.27 bits per heavy atom. The van der Waals surface area contributed by atoms with Gasteiger partial charge in [0, 0.05) is 12.2 Å². The van der Waals surface area contributed by atoms with E-state index in [4.69, 9.17) is 14.2 Å². The molecule has 0 fully saturated rings. The van der Waals surface area contributed by atoms with Crippen LogP contribution >= 0.6 is 0 Å². The second kappa shape index (κ2) is 15.9. The molecule has 0 aliphatic heterocycles.